The Kier molecular flexibility index (Phi) is 6.29. The van der Waals surface area contributed by atoms with Crippen molar-refractivity contribution in [3.63, 3.8) is 0 Å². The van der Waals surface area contributed by atoms with Gasteiger partial charge in [0.15, 0.2) is 5.69 Å². The normalized spacial score (nSPS) is 10.9. The highest BCUT2D eigenvalue weighted by molar-refractivity contribution is 6.30. The zero-order chi connectivity index (χ0) is 21.0. The minimum atomic E-state index is -0.523. The molecule has 3 aromatic rings. The number of anilines is 1. The van der Waals surface area contributed by atoms with Crippen molar-refractivity contribution < 1.29 is 9.59 Å². The largest absolute Gasteiger partial charge is 0.342 e. The highest BCUT2D eigenvalue weighted by Crippen LogP contribution is 2.14. The third kappa shape index (κ3) is 5.00. The van der Waals surface area contributed by atoms with Crippen molar-refractivity contribution in [2.75, 3.05) is 11.9 Å². The number of benzene rings is 2. The number of nitrogens with one attached hydrogen (secondary N) is 2. The number of carbonyl (C=O) groups excluding carboxylic acids is 2. The van der Waals surface area contributed by atoms with E-state index in [2.05, 4.69) is 15.7 Å². The van der Waals surface area contributed by atoms with E-state index in [-0.39, 0.29) is 29.6 Å². The van der Waals surface area contributed by atoms with Gasteiger partial charge in [0.05, 0.1) is 11.9 Å². The second kappa shape index (κ2) is 8.87. The van der Waals surface area contributed by atoms with E-state index in [1.54, 1.807) is 48.5 Å². The maximum atomic E-state index is 12.7. The molecule has 8 heteroatoms. The molecule has 29 heavy (non-hydrogen) atoms. The van der Waals surface area contributed by atoms with Gasteiger partial charge < -0.3 is 10.6 Å². The summed E-state index contributed by atoms with van der Waals surface area (Å²) in [4.78, 5) is 37.5. The number of halogens is 1. The molecule has 0 unspecified atom stereocenters. The van der Waals surface area contributed by atoms with E-state index in [0.29, 0.717) is 28.0 Å². The quantitative estimate of drug-likeness (QED) is 0.650. The van der Waals surface area contributed by atoms with Crippen molar-refractivity contribution in [1.29, 1.82) is 0 Å². The minimum absolute atomic E-state index is 0.111. The lowest BCUT2D eigenvalue weighted by atomic mass is 10.1. The number of hydrogen-bond acceptors (Lipinski definition) is 4. The first-order chi connectivity index (χ1) is 13.8. The molecule has 0 radical (unpaired) electrons. The Morgan fingerprint density at radius 1 is 1.07 bits per heavy atom. The SMILES string of the molecule is CC(C)Cn1nc(C(=O)NCC(=O)Nc2ccc(Cl)cc2)c2ccccc2c1=O. The van der Waals surface area contributed by atoms with Gasteiger partial charge in [0.2, 0.25) is 5.91 Å². The second-order valence-corrected chi connectivity index (χ2v) is 7.45. The molecule has 2 amide bonds. The van der Waals surface area contributed by atoms with Crippen LogP contribution in [0.2, 0.25) is 5.02 Å². The van der Waals surface area contributed by atoms with Crippen LogP contribution in [0.4, 0.5) is 5.69 Å². The Hall–Kier alpha value is -3.19. The van der Waals surface area contributed by atoms with Crippen LogP contribution in [0.15, 0.2) is 53.3 Å². The number of rotatable bonds is 6. The van der Waals surface area contributed by atoms with Gasteiger partial charge in [-0.2, -0.15) is 5.10 Å². The molecule has 150 valence electrons. The molecule has 1 heterocycles. The van der Waals surface area contributed by atoms with Crippen LogP contribution in [0.25, 0.3) is 10.8 Å². The smallest absolute Gasteiger partial charge is 0.274 e. The topological polar surface area (TPSA) is 93.1 Å². The first-order valence-corrected chi connectivity index (χ1v) is 9.56. The van der Waals surface area contributed by atoms with E-state index < -0.39 is 5.91 Å². The van der Waals surface area contributed by atoms with Gasteiger partial charge in [-0.15, -0.1) is 0 Å². The van der Waals surface area contributed by atoms with Gasteiger partial charge in [-0.05, 0) is 36.2 Å². The maximum absolute atomic E-state index is 12.7. The van der Waals surface area contributed by atoms with Crippen LogP contribution >= 0.6 is 11.6 Å². The van der Waals surface area contributed by atoms with Gasteiger partial charge in [0.25, 0.3) is 11.5 Å². The Bertz CT molecular complexity index is 1110. The average molecular weight is 413 g/mol. The number of carbonyl (C=O) groups is 2. The van der Waals surface area contributed by atoms with Gasteiger partial charge in [-0.25, -0.2) is 4.68 Å². The molecule has 0 atom stereocenters. The van der Waals surface area contributed by atoms with Crippen molar-refractivity contribution in [3.8, 4) is 0 Å². The molecule has 0 saturated heterocycles. The Labute approximate surface area is 172 Å². The fraction of sp³-hybridized carbons (Fsp3) is 0.238. The van der Waals surface area contributed by atoms with E-state index in [0.717, 1.165) is 0 Å². The molecule has 3 rings (SSSR count). The fourth-order valence-electron chi connectivity index (χ4n) is 2.86. The summed E-state index contributed by atoms with van der Waals surface area (Å²) in [6, 6.07) is 13.5. The highest BCUT2D eigenvalue weighted by atomic mass is 35.5. The molecule has 7 nitrogen and oxygen atoms in total. The van der Waals surface area contributed by atoms with Gasteiger partial charge in [-0.3, -0.25) is 14.4 Å². The van der Waals surface area contributed by atoms with E-state index in [4.69, 9.17) is 11.6 Å². The fourth-order valence-corrected chi connectivity index (χ4v) is 2.98. The van der Waals surface area contributed by atoms with Crippen molar-refractivity contribution in [3.05, 3.63) is 69.6 Å². The average Bonchev–Trinajstić information content (AvgIpc) is 2.70. The van der Waals surface area contributed by atoms with Gasteiger partial charge in [0, 0.05) is 22.6 Å². The molecule has 0 aliphatic carbocycles. The van der Waals surface area contributed by atoms with E-state index in [1.807, 2.05) is 13.8 Å². The Balaban J connectivity index is 1.79. The van der Waals surface area contributed by atoms with E-state index in [9.17, 15) is 14.4 Å². The van der Waals surface area contributed by atoms with Crippen LogP contribution in [0.3, 0.4) is 0 Å². The molecule has 1 aromatic heterocycles. The van der Waals surface area contributed by atoms with Crippen LogP contribution in [-0.2, 0) is 11.3 Å². The van der Waals surface area contributed by atoms with E-state index >= 15 is 0 Å². The summed E-state index contributed by atoms with van der Waals surface area (Å²) < 4.78 is 1.30. The molecule has 0 spiro atoms. The summed E-state index contributed by atoms with van der Waals surface area (Å²) in [6.07, 6.45) is 0. The number of fused-ring (bicyclic) bond motifs is 1. The van der Waals surface area contributed by atoms with E-state index in [1.165, 1.54) is 4.68 Å². The third-order valence-corrected chi connectivity index (χ3v) is 4.41. The van der Waals surface area contributed by atoms with Gasteiger partial charge >= 0.3 is 0 Å². The summed E-state index contributed by atoms with van der Waals surface area (Å²) in [6.45, 7) is 4.08. The second-order valence-electron chi connectivity index (χ2n) is 7.01. The van der Waals surface area contributed by atoms with Crippen molar-refractivity contribution in [2.24, 2.45) is 5.92 Å². The van der Waals surface area contributed by atoms with Crippen LogP contribution in [0.5, 0.6) is 0 Å². The number of hydrogen-bond donors (Lipinski definition) is 2. The molecule has 0 aliphatic rings. The van der Waals surface area contributed by atoms with Crippen molar-refractivity contribution >= 4 is 39.9 Å². The Morgan fingerprint density at radius 3 is 2.38 bits per heavy atom. The molecular weight excluding hydrogens is 392 g/mol. The summed E-state index contributed by atoms with van der Waals surface area (Å²) in [7, 11) is 0. The van der Waals surface area contributed by atoms with Crippen LogP contribution in [0.1, 0.15) is 24.3 Å². The van der Waals surface area contributed by atoms with Crippen molar-refractivity contribution in [2.45, 2.75) is 20.4 Å². The summed E-state index contributed by atoms with van der Waals surface area (Å²) in [5.74, 6) is -0.729. The van der Waals surface area contributed by atoms with Crippen LogP contribution in [0, 0.1) is 5.92 Å². The molecule has 2 aromatic carbocycles. The molecule has 0 bridgehead atoms. The molecule has 0 fully saturated rings. The summed E-state index contributed by atoms with van der Waals surface area (Å²) in [5.41, 5.74) is 0.439. The number of nitrogens with zero attached hydrogens (tertiary/aromatic N) is 2. The first-order valence-electron chi connectivity index (χ1n) is 9.18. The number of amides is 2. The summed E-state index contributed by atoms with van der Waals surface area (Å²) in [5, 5.41) is 10.9. The zero-order valence-electron chi connectivity index (χ0n) is 16.1. The lowest BCUT2D eigenvalue weighted by Crippen LogP contribution is -2.35. The molecular formula is C21H21ClN4O3. The predicted octanol–water partition coefficient (Wildman–Crippen LogP) is 3.07. The highest BCUT2D eigenvalue weighted by Gasteiger charge is 2.17. The van der Waals surface area contributed by atoms with Gasteiger partial charge in [0.1, 0.15) is 0 Å². The monoisotopic (exact) mass is 412 g/mol. The Morgan fingerprint density at radius 2 is 1.72 bits per heavy atom. The molecule has 0 saturated carbocycles. The molecule has 0 aliphatic heterocycles. The third-order valence-electron chi connectivity index (χ3n) is 4.16. The van der Waals surface area contributed by atoms with Gasteiger partial charge in [-0.1, -0.05) is 43.6 Å². The van der Waals surface area contributed by atoms with Crippen molar-refractivity contribution in [1.82, 2.24) is 15.1 Å². The molecule has 2 N–H and O–H groups in total. The summed E-state index contributed by atoms with van der Waals surface area (Å²) >= 11 is 5.82. The lowest BCUT2D eigenvalue weighted by molar-refractivity contribution is -0.115. The standard InChI is InChI=1S/C21H21ClN4O3/c1-13(2)12-26-21(29)17-6-4-3-5-16(17)19(25-26)20(28)23-11-18(27)24-15-9-7-14(22)8-10-15/h3-10,13H,11-12H2,1-2H3,(H,23,28)(H,24,27). The zero-order valence-corrected chi connectivity index (χ0v) is 16.9. The van der Waals surface area contributed by atoms with Crippen LogP contribution < -0.4 is 16.2 Å². The lowest BCUT2D eigenvalue weighted by Gasteiger charge is -2.12. The maximum Gasteiger partial charge on any atom is 0.274 e. The predicted molar refractivity (Wildman–Crippen MR) is 113 cm³/mol. The number of aromatic nitrogens is 2. The first kappa shape index (κ1) is 20.5. The van der Waals surface area contributed by atoms with Crippen LogP contribution in [-0.4, -0.2) is 28.1 Å². The minimum Gasteiger partial charge on any atom is -0.342 e.